The minimum atomic E-state index is -2.83. The van der Waals surface area contributed by atoms with Crippen LogP contribution >= 0.6 is 0 Å². The van der Waals surface area contributed by atoms with Crippen LogP contribution in [0.1, 0.15) is 39.0 Å². The van der Waals surface area contributed by atoms with Crippen molar-refractivity contribution in [1.82, 2.24) is 4.98 Å². The third kappa shape index (κ3) is 3.81. The van der Waals surface area contributed by atoms with Gasteiger partial charge in [0.1, 0.15) is 5.69 Å². The van der Waals surface area contributed by atoms with Crippen LogP contribution < -0.4 is 0 Å². The van der Waals surface area contributed by atoms with E-state index in [2.05, 4.69) is 4.98 Å². The van der Waals surface area contributed by atoms with Gasteiger partial charge >= 0.3 is 0 Å². The zero-order chi connectivity index (χ0) is 11.2. The Bertz CT molecular complexity index is 249. The molecule has 1 aromatic heterocycles. The first kappa shape index (κ1) is 13.0. The highest BCUT2D eigenvalue weighted by Crippen LogP contribution is 2.24. The van der Waals surface area contributed by atoms with Crippen LogP contribution in [-0.2, 0) is 12.3 Å². The van der Waals surface area contributed by atoms with E-state index in [-0.39, 0.29) is 5.69 Å². The summed E-state index contributed by atoms with van der Waals surface area (Å²) in [6.07, 6.45) is 2.31. The highest BCUT2D eigenvalue weighted by atomic mass is 19.3. The normalized spacial score (nSPS) is 10.4. The lowest BCUT2D eigenvalue weighted by atomic mass is 10.2. The maximum absolute atomic E-state index is 12.6. The van der Waals surface area contributed by atoms with E-state index < -0.39 is 5.92 Å². The van der Waals surface area contributed by atoms with E-state index in [4.69, 9.17) is 0 Å². The minimum absolute atomic E-state index is 0.167. The van der Waals surface area contributed by atoms with Gasteiger partial charge in [0.15, 0.2) is 0 Å². The quantitative estimate of drug-likeness (QED) is 0.709. The van der Waals surface area contributed by atoms with Crippen molar-refractivity contribution in [3.8, 4) is 0 Å². The zero-order valence-electron chi connectivity index (χ0n) is 9.14. The number of aromatic nitrogens is 1. The number of rotatable bonds is 2. The maximum Gasteiger partial charge on any atom is 0.286 e. The standard InChI is InChI=1S/C9H11F2N.C2H6/c1-3-7-4-5-8(12-6-7)9(2,10)11;1-2/h4-6H,3H2,1-2H3;1-2H3. The summed E-state index contributed by atoms with van der Waals surface area (Å²) >= 11 is 0. The molecule has 0 aromatic carbocycles. The fourth-order valence-corrected chi connectivity index (χ4v) is 0.893. The van der Waals surface area contributed by atoms with E-state index in [1.807, 2.05) is 20.8 Å². The molecule has 0 fully saturated rings. The maximum atomic E-state index is 12.6. The Labute approximate surface area is 84.2 Å². The second-order valence-electron chi connectivity index (χ2n) is 2.79. The van der Waals surface area contributed by atoms with E-state index >= 15 is 0 Å². The first-order valence-electron chi connectivity index (χ1n) is 4.87. The molecule has 0 aliphatic rings. The van der Waals surface area contributed by atoms with Crippen molar-refractivity contribution in [3.63, 3.8) is 0 Å². The second-order valence-corrected chi connectivity index (χ2v) is 2.79. The van der Waals surface area contributed by atoms with E-state index in [0.29, 0.717) is 0 Å². The average molecular weight is 201 g/mol. The smallest absolute Gasteiger partial charge is 0.255 e. The number of hydrogen-bond donors (Lipinski definition) is 0. The highest BCUT2D eigenvalue weighted by molar-refractivity contribution is 5.16. The van der Waals surface area contributed by atoms with Gasteiger partial charge in [-0.3, -0.25) is 4.98 Å². The molecule has 0 spiro atoms. The molecule has 0 bridgehead atoms. The Hall–Kier alpha value is -0.990. The fourth-order valence-electron chi connectivity index (χ4n) is 0.893. The Kier molecular flexibility index (Phi) is 5.28. The van der Waals surface area contributed by atoms with E-state index in [1.54, 1.807) is 6.07 Å². The number of hydrogen-bond acceptors (Lipinski definition) is 1. The van der Waals surface area contributed by atoms with Gasteiger partial charge in [-0.15, -0.1) is 0 Å². The van der Waals surface area contributed by atoms with Crippen LogP contribution in [0.2, 0.25) is 0 Å². The Morgan fingerprint density at radius 3 is 2.14 bits per heavy atom. The molecule has 14 heavy (non-hydrogen) atoms. The SMILES string of the molecule is CC.CCc1ccc(C(C)(F)F)nc1. The number of pyridine rings is 1. The summed E-state index contributed by atoms with van der Waals surface area (Å²) in [6, 6.07) is 3.05. The van der Waals surface area contributed by atoms with Crippen LogP contribution in [0, 0.1) is 0 Å². The van der Waals surface area contributed by atoms with Gasteiger partial charge in [-0.1, -0.05) is 26.8 Å². The molecule has 0 atom stereocenters. The molecule has 1 heterocycles. The summed E-state index contributed by atoms with van der Waals surface area (Å²) in [5.74, 6) is -2.83. The van der Waals surface area contributed by atoms with E-state index in [1.165, 1.54) is 12.3 Å². The second kappa shape index (κ2) is 5.68. The van der Waals surface area contributed by atoms with Crippen molar-refractivity contribution in [1.29, 1.82) is 0 Å². The van der Waals surface area contributed by atoms with Crippen molar-refractivity contribution in [2.75, 3.05) is 0 Å². The van der Waals surface area contributed by atoms with Crippen molar-refractivity contribution >= 4 is 0 Å². The van der Waals surface area contributed by atoms with E-state index in [0.717, 1.165) is 18.9 Å². The molecular weight excluding hydrogens is 184 g/mol. The van der Waals surface area contributed by atoms with Crippen LogP contribution in [0.25, 0.3) is 0 Å². The molecule has 0 saturated heterocycles. The van der Waals surface area contributed by atoms with E-state index in [9.17, 15) is 8.78 Å². The van der Waals surface area contributed by atoms with Gasteiger partial charge in [0.25, 0.3) is 5.92 Å². The largest absolute Gasteiger partial charge is 0.286 e. The van der Waals surface area contributed by atoms with Crippen molar-refractivity contribution in [3.05, 3.63) is 29.6 Å². The molecule has 1 nitrogen and oxygen atoms in total. The summed E-state index contributed by atoms with van der Waals surface area (Å²) in [5, 5.41) is 0. The highest BCUT2D eigenvalue weighted by Gasteiger charge is 2.25. The molecule has 80 valence electrons. The molecular formula is C11H17F2N. The number of halogens is 2. The lowest BCUT2D eigenvalue weighted by Gasteiger charge is -2.08. The third-order valence-electron chi connectivity index (χ3n) is 1.68. The molecule has 1 aromatic rings. The van der Waals surface area contributed by atoms with Gasteiger partial charge in [-0.2, -0.15) is 8.78 Å². The van der Waals surface area contributed by atoms with Gasteiger partial charge < -0.3 is 0 Å². The number of nitrogens with zero attached hydrogens (tertiary/aromatic N) is 1. The predicted octanol–water partition coefficient (Wildman–Crippen LogP) is 3.78. The molecule has 0 aliphatic heterocycles. The Morgan fingerprint density at radius 2 is 1.86 bits per heavy atom. The summed E-state index contributed by atoms with van der Waals surface area (Å²) in [4.78, 5) is 3.67. The average Bonchev–Trinajstić information content (AvgIpc) is 2.20. The van der Waals surface area contributed by atoms with Crippen molar-refractivity contribution < 1.29 is 8.78 Å². The lowest BCUT2D eigenvalue weighted by molar-refractivity contribution is 0.0127. The van der Waals surface area contributed by atoms with Crippen LogP contribution in [0.4, 0.5) is 8.78 Å². The minimum Gasteiger partial charge on any atom is -0.255 e. The lowest BCUT2D eigenvalue weighted by Crippen LogP contribution is -2.09. The molecule has 0 saturated carbocycles. The topological polar surface area (TPSA) is 12.9 Å². The van der Waals surface area contributed by atoms with Gasteiger partial charge in [0.05, 0.1) is 0 Å². The summed E-state index contributed by atoms with van der Waals surface area (Å²) in [6.45, 7) is 6.81. The Morgan fingerprint density at radius 1 is 1.29 bits per heavy atom. The molecule has 0 N–H and O–H groups in total. The molecule has 3 heteroatoms. The monoisotopic (exact) mass is 201 g/mol. The van der Waals surface area contributed by atoms with Crippen LogP contribution in [0.15, 0.2) is 18.3 Å². The van der Waals surface area contributed by atoms with Crippen LogP contribution in [0.5, 0.6) is 0 Å². The molecule has 0 unspecified atom stereocenters. The van der Waals surface area contributed by atoms with Gasteiger partial charge in [-0.05, 0) is 18.1 Å². The first-order chi connectivity index (χ1) is 6.54. The summed E-state index contributed by atoms with van der Waals surface area (Å²) in [5.41, 5.74) is 0.808. The molecule has 1 rings (SSSR count). The van der Waals surface area contributed by atoms with Crippen molar-refractivity contribution in [2.24, 2.45) is 0 Å². The first-order valence-corrected chi connectivity index (χ1v) is 4.87. The molecule has 0 radical (unpaired) electrons. The summed E-state index contributed by atoms with van der Waals surface area (Å²) in [7, 11) is 0. The zero-order valence-corrected chi connectivity index (χ0v) is 9.14. The molecule has 0 aliphatic carbocycles. The van der Waals surface area contributed by atoms with Gasteiger partial charge in [-0.25, -0.2) is 0 Å². The number of alkyl halides is 2. The van der Waals surface area contributed by atoms with Crippen LogP contribution in [0.3, 0.4) is 0 Å². The van der Waals surface area contributed by atoms with Crippen LogP contribution in [-0.4, -0.2) is 4.98 Å². The predicted molar refractivity (Wildman–Crippen MR) is 54.5 cm³/mol. The number of aryl methyl sites for hydroxylation is 1. The fraction of sp³-hybridized carbons (Fsp3) is 0.545. The van der Waals surface area contributed by atoms with Gasteiger partial charge in [0, 0.05) is 13.1 Å². The third-order valence-corrected chi connectivity index (χ3v) is 1.68. The molecule has 0 amide bonds. The van der Waals surface area contributed by atoms with Gasteiger partial charge in [0.2, 0.25) is 0 Å². The summed E-state index contributed by atoms with van der Waals surface area (Å²) < 4.78 is 25.3. The Balaban J connectivity index is 0.000000791. The van der Waals surface area contributed by atoms with Crippen molar-refractivity contribution in [2.45, 2.75) is 40.0 Å².